The number of aryl methyl sites for hydroxylation is 1. The molecule has 0 saturated carbocycles. The van der Waals surface area contributed by atoms with E-state index in [1.807, 2.05) is 6.07 Å². The van der Waals surface area contributed by atoms with Gasteiger partial charge in [-0.3, -0.25) is 0 Å². The molecule has 2 aromatic rings. The minimum atomic E-state index is 0.740. The van der Waals surface area contributed by atoms with Crippen molar-refractivity contribution in [3.8, 4) is 11.3 Å². The van der Waals surface area contributed by atoms with Gasteiger partial charge in [0.25, 0.3) is 0 Å². The maximum atomic E-state index is 5.63. The van der Waals surface area contributed by atoms with Gasteiger partial charge in [-0.2, -0.15) is 0 Å². The van der Waals surface area contributed by atoms with Crippen LogP contribution in [0.5, 0.6) is 0 Å². The van der Waals surface area contributed by atoms with Crippen LogP contribution in [0.3, 0.4) is 0 Å². The number of nitrogens with zero attached hydrogens (tertiary/aromatic N) is 1. The largest absolute Gasteiger partial charge is 0.472 e. The number of nitrogens with one attached hydrogen (secondary N) is 1. The van der Waals surface area contributed by atoms with Crippen molar-refractivity contribution in [2.24, 2.45) is 0 Å². The van der Waals surface area contributed by atoms with Crippen molar-refractivity contribution in [3.63, 3.8) is 0 Å². The lowest BCUT2D eigenvalue weighted by Crippen LogP contribution is -2.20. The minimum absolute atomic E-state index is 0.740. The Balaban J connectivity index is 1.71. The molecular weight excluding hydrogens is 232 g/mol. The molecule has 0 aliphatic heterocycles. The predicted octanol–water partition coefficient (Wildman–Crippen LogP) is 2.10. The Morgan fingerprint density at radius 3 is 3.11 bits per heavy atom. The van der Waals surface area contributed by atoms with Gasteiger partial charge in [0.15, 0.2) is 11.7 Å². The molecular formula is C13H18N2O3. The van der Waals surface area contributed by atoms with E-state index in [-0.39, 0.29) is 0 Å². The van der Waals surface area contributed by atoms with Crippen LogP contribution in [-0.4, -0.2) is 31.8 Å². The van der Waals surface area contributed by atoms with Crippen LogP contribution in [0.25, 0.3) is 11.3 Å². The van der Waals surface area contributed by atoms with Crippen LogP contribution in [-0.2, 0) is 11.2 Å². The topological polar surface area (TPSA) is 60.4 Å². The summed E-state index contributed by atoms with van der Waals surface area (Å²) in [6.07, 6.45) is 6.83. The Bertz CT molecular complexity index is 437. The summed E-state index contributed by atoms with van der Waals surface area (Å²) in [5, 5.41) is 3.28. The monoisotopic (exact) mass is 250 g/mol. The Labute approximate surface area is 106 Å². The van der Waals surface area contributed by atoms with Crippen molar-refractivity contribution >= 4 is 0 Å². The van der Waals surface area contributed by atoms with Crippen LogP contribution in [0.1, 0.15) is 12.3 Å². The van der Waals surface area contributed by atoms with Crippen molar-refractivity contribution < 1.29 is 13.6 Å². The molecule has 0 saturated heterocycles. The molecule has 0 spiro atoms. The normalized spacial score (nSPS) is 10.9. The smallest absolute Gasteiger partial charge is 0.194 e. The molecule has 0 aliphatic rings. The van der Waals surface area contributed by atoms with Crippen LogP contribution < -0.4 is 5.32 Å². The average Bonchev–Trinajstić information content (AvgIpc) is 3.03. The van der Waals surface area contributed by atoms with E-state index < -0.39 is 0 Å². The molecule has 0 aliphatic carbocycles. The second-order valence-electron chi connectivity index (χ2n) is 3.98. The third-order valence-electron chi connectivity index (χ3n) is 2.59. The number of methoxy groups -OCH3 is 1. The molecule has 1 N–H and O–H groups in total. The van der Waals surface area contributed by atoms with Gasteiger partial charge in [0.2, 0.25) is 0 Å². The SMILES string of the molecule is COCCNCCCc1ncc(-c2ccoc2)o1. The highest BCUT2D eigenvalue weighted by Gasteiger charge is 2.06. The predicted molar refractivity (Wildman–Crippen MR) is 67.3 cm³/mol. The number of rotatable bonds is 8. The molecule has 5 nitrogen and oxygen atoms in total. The number of hydrogen-bond donors (Lipinski definition) is 1. The fraction of sp³-hybridized carbons (Fsp3) is 0.462. The van der Waals surface area contributed by atoms with Crippen LogP contribution in [0.4, 0.5) is 0 Å². The lowest BCUT2D eigenvalue weighted by molar-refractivity contribution is 0.199. The summed E-state index contributed by atoms with van der Waals surface area (Å²) in [7, 11) is 1.70. The molecule has 98 valence electrons. The summed E-state index contributed by atoms with van der Waals surface area (Å²) in [6, 6.07) is 1.86. The molecule has 18 heavy (non-hydrogen) atoms. The second-order valence-corrected chi connectivity index (χ2v) is 3.98. The molecule has 2 rings (SSSR count). The molecule has 0 aromatic carbocycles. The van der Waals surface area contributed by atoms with E-state index in [1.165, 1.54) is 0 Å². The van der Waals surface area contributed by atoms with Gasteiger partial charge in [-0.15, -0.1) is 0 Å². The fourth-order valence-corrected chi connectivity index (χ4v) is 1.63. The molecule has 0 bridgehead atoms. The van der Waals surface area contributed by atoms with Gasteiger partial charge in [0.05, 0.1) is 24.6 Å². The van der Waals surface area contributed by atoms with E-state index in [1.54, 1.807) is 25.8 Å². The van der Waals surface area contributed by atoms with Gasteiger partial charge >= 0.3 is 0 Å². The third-order valence-corrected chi connectivity index (χ3v) is 2.59. The average molecular weight is 250 g/mol. The zero-order valence-electron chi connectivity index (χ0n) is 10.5. The summed E-state index contributed by atoms with van der Waals surface area (Å²) in [6.45, 7) is 2.55. The first-order valence-electron chi connectivity index (χ1n) is 6.07. The molecule has 5 heteroatoms. The standard InChI is InChI=1S/C13H18N2O3/c1-16-8-6-14-5-2-3-13-15-9-12(18-13)11-4-7-17-10-11/h4,7,9-10,14H,2-3,5-6,8H2,1H3. The molecule has 0 amide bonds. The molecule has 2 aromatic heterocycles. The second kappa shape index (κ2) is 6.98. The van der Waals surface area contributed by atoms with E-state index >= 15 is 0 Å². The van der Waals surface area contributed by atoms with Gasteiger partial charge in [-0.05, 0) is 19.0 Å². The zero-order chi connectivity index (χ0) is 12.6. The van der Waals surface area contributed by atoms with Gasteiger partial charge < -0.3 is 18.9 Å². The highest BCUT2D eigenvalue weighted by molar-refractivity contribution is 5.53. The van der Waals surface area contributed by atoms with Crippen molar-refractivity contribution in [2.45, 2.75) is 12.8 Å². The quantitative estimate of drug-likeness (QED) is 0.727. The van der Waals surface area contributed by atoms with Crippen molar-refractivity contribution in [1.82, 2.24) is 10.3 Å². The summed E-state index contributed by atoms with van der Waals surface area (Å²) >= 11 is 0. The summed E-state index contributed by atoms with van der Waals surface area (Å²) in [5.74, 6) is 1.52. The number of aromatic nitrogens is 1. The summed E-state index contributed by atoms with van der Waals surface area (Å²) in [4.78, 5) is 4.25. The molecule has 0 fully saturated rings. The maximum absolute atomic E-state index is 5.63. The molecule has 0 atom stereocenters. The number of oxazole rings is 1. The van der Waals surface area contributed by atoms with Crippen molar-refractivity contribution in [2.75, 3.05) is 26.8 Å². The van der Waals surface area contributed by atoms with Crippen LogP contribution in [0.15, 0.2) is 33.6 Å². The van der Waals surface area contributed by atoms with Crippen LogP contribution >= 0.6 is 0 Å². The van der Waals surface area contributed by atoms with Crippen molar-refractivity contribution in [3.05, 3.63) is 30.7 Å². The Morgan fingerprint density at radius 1 is 1.39 bits per heavy atom. The van der Waals surface area contributed by atoms with Crippen molar-refractivity contribution in [1.29, 1.82) is 0 Å². The Kier molecular flexibility index (Phi) is 4.99. The Morgan fingerprint density at radius 2 is 2.33 bits per heavy atom. The minimum Gasteiger partial charge on any atom is -0.472 e. The first-order chi connectivity index (χ1) is 8.90. The van der Waals surface area contributed by atoms with Gasteiger partial charge in [-0.1, -0.05) is 0 Å². The first kappa shape index (κ1) is 12.9. The highest BCUT2D eigenvalue weighted by atomic mass is 16.5. The number of furan rings is 1. The summed E-state index contributed by atoms with van der Waals surface area (Å²) < 4.78 is 15.6. The van der Waals surface area contributed by atoms with E-state index in [0.29, 0.717) is 0 Å². The van der Waals surface area contributed by atoms with E-state index in [0.717, 1.165) is 49.8 Å². The van der Waals surface area contributed by atoms with E-state index in [2.05, 4.69) is 10.3 Å². The molecule has 0 radical (unpaired) electrons. The number of ether oxygens (including phenoxy) is 1. The highest BCUT2D eigenvalue weighted by Crippen LogP contribution is 2.20. The lowest BCUT2D eigenvalue weighted by atomic mass is 10.3. The summed E-state index contributed by atoms with van der Waals surface area (Å²) in [5.41, 5.74) is 0.923. The lowest BCUT2D eigenvalue weighted by Gasteiger charge is -2.01. The first-order valence-corrected chi connectivity index (χ1v) is 6.07. The molecule has 0 unspecified atom stereocenters. The maximum Gasteiger partial charge on any atom is 0.194 e. The van der Waals surface area contributed by atoms with Gasteiger partial charge in [0, 0.05) is 20.1 Å². The Hall–Kier alpha value is -1.59. The van der Waals surface area contributed by atoms with Crippen LogP contribution in [0.2, 0.25) is 0 Å². The zero-order valence-corrected chi connectivity index (χ0v) is 10.5. The third kappa shape index (κ3) is 3.72. The van der Waals surface area contributed by atoms with Gasteiger partial charge in [-0.25, -0.2) is 4.98 Å². The van der Waals surface area contributed by atoms with E-state index in [9.17, 15) is 0 Å². The van der Waals surface area contributed by atoms with Crippen LogP contribution in [0, 0.1) is 0 Å². The van der Waals surface area contributed by atoms with E-state index in [4.69, 9.17) is 13.6 Å². The fourth-order valence-electron chi connectivity index (χ4n) is 1.63. The van der Waals surface area contributed by atoms with Gasteiger partial charge in [0.1, 0.15) is 6.26 Å². The molecule has 2 heterocycles. The number of hydrogen-bond acceptors (Lipinski definition) is 5.